The summed E-state index contributed by atoms with van der Waals surface area (Å²) >= 11 is 4.69. The van der Waals surface area contributed by atoms with E-state index >= 15 is 0 Å². The van der Waals surface area contributed by atoms with E-state index in [0.29, 0.717) is 19.4 Å². The predicted molar refractivity (Wildman–Crippen MR) is 76.5 cm³/mol. The number of nitrogens with two attached hydrogens (primary N) is 1. The Bertz CT molecular complexity index is 542. The molecule has 1 aromatic rings. The van der Waals surface area contributed by atoms with Crippen LogP contribution < -0.4 is 11.1 Å². The van der Waals surface area contributed by atoms with Crippen molar-refractivity contribution in [3.05, 3.63) is 29.3 Å². The number of carbonyl (C=O) groups is 1. The van der Waals surface area contributed by atoms with E-state index in [1.165, 1.54) is 0 Å². The van der Waals surface area contributed by atoms with E-state index in [0.717, 1.165) is 12.1 Å². The minimum absolute atomic E-state index is 0.0350. The second-order valence-electron chi connectivity index (χ2n) is 4.83. The van der Waals surface area contributed by atoms with Gasteiger partial charge in [0.05, 0.1) is 0 Å². The van der Waals surface area contributed by atoms with Gasteiger partial charge in [-0.25, -0.2) is 8.78 Å². The van der Waals surface area contributed by atoms with Crippen molar-refractivity contribution >= 4 is 28.8 Å². The number of halogens is 2. The molecule has 1 atom stereocenters. The summed E-state index contributed by atoms with van der Waals surface area (Å²) in [5.74, 6) is -1.45. The standard InChI is InChI=1S/C13H15F2N3OS/c1-18-6-8(2-3-11(18)19)17-12-9(14)4-7(13(16)20)5-10(12)15/h4-5,8,17H,2-3,6H2,1H3,(H2,16,20). The highest BCUT2D eigenvalue weighted by Gasteiger charge is 2.24. The number of benzene rings is 1. The van der Waals surface area contributed by atoms with Crippen LogP contribution in [0.25, 0.3) is 0 Å². The van der Waals surface area contributed by atoms with Gasteiger partial charge in [0, 0.05) is 31.6 Å². The first-order valence-corrected chi connectivity index (χ1v) is 6.58. The third-order valence-electron chi connectivity index (χ3n) is 3.30. The Morgan fingerprint density at radius 2 is 2.05 bits per heavy atom. The van der Waals surface area contributed by atoms with Crippen LogP contribution in [0.2, 0.25) is 0 Å². The number of anilines is 1. The van der Waals surface area contributed by atoms with Crippen molar-refractivity contribution in [3.8, 4) is 0 Å². The molecule has 3 N–H and O–H groups in total. The molecule has 1 aliphatic rings. The minimum Gasteiger partial charge on any atom is -0.389 e. The lowest BCUT2D eigenvalue weighted by atomic mass is 10.0. The molecule has 2 rings (SSSR count). The van der Waals surface area contributed by atoms with E-state index in [4.69, 9.17) is 18.0 Å². The highest BCUT2D eigenvalue weighted by atomic mass is 32.1. The number of amides is 1. The number of nitrogens with one attached hydrogen (secondary N) is 1. The number of rotatable bonds is 3. The van der Waals surface area contributed by atoms with Gasteiger partial charge in [0.25, 0.3) is 0 Å². The fourth-order valence-corrected chi connectivity index (χ4v) is 2.31. The maximum absolute atomic E-state index is 13.9. The molecule has 0 aliphatic carbocycles. The Labute approximate surface area is 120 Å². The van der Waals surface area contributed by atoms with E-state index in [1.54, 1.807) is 11.9 Å². The van der Waals surface area contributed by atoms with Crippen LogP contribution in [0.5, 0.6) is 0 Å². The van der Waals surface area contributed by atoms with E-state index in [9.17, 15) is 13.6 Å². The summed E-state index contributed by atoms with van der Waals surface area (Å²) in [7, 11) is 1.67. The number of carbonyl (C=O) groups excluding carboxylic acids is 1. The van der Waals surface area contributed by atoms with E-state index < -0.39 is 11.6 Å². The van der Waals surface area contributed by atoms with Crippen molar-refractivity contribution in [3.63, 3.8) is 0 Å². The van der Waals surface area contributed by atoms with Crippen LogP contribution in [0.1, 0.15) is 18.4 Å². The van der Waals surface area contributed by atoms with Crippen molar-refractivity contribution in [2.45, 2.75) is 18.9 Å². The number of hydrogen-bond donors (Lipinski definition) is 2. The van der Waals surface area contributed by atoms with Crippen LogP contribution in [0.4, 0.5) is 14.5 Å². The zero-order chi connectivity index (χ0) is 14.9. The van der Waals surface area contributed by atoms with Gasteiger partial charge in [-0.1, -0.05) is 12.2 Å². The summed E-state index contributed by atoms with van der Waals surface area (Å²) in [6.45, 7) is 0.411. The zero-order valence-corrected chi connectivity index (χ0v) is 11.8. The molecule has 1 heterocycles. The first-order valence-electron chi connectivity index (χ1n) is 6.18. The van der Waals surface area contributed by atoms with Gasteiger partial charge in [-0.05, 0) is 18.6 Å². The largest absolute Gasteiger partial charge is 0.389 e. The lowest BCUT2D eigenvalue weighted by Crippen LogP contribution is -2.43. The molecule has 20 heavy (non-hydrogen) atoms. The lowest BCUT2D eigenvalue weighted by molar-refractivity contribution is -0.132. The Balaban J connectivity index is 2.18. The Kier molecular flexibility index (Phi) is 4.17. The van der Waals surface area contributed by atoms with Crippen molar-refractivity contribution in [2.75, 3.05) is 18.9 Å². The van der Waals surface area contributed by atoms with Crippen LogP contribution in [0.15, 0.2) is 12.1 Å². The van der Waals surface area contributed by atoms with E-state index in [1.807, 2.05) is 0 Å². The topological polar surface area (TPSA) is 58.4 Å². The summed E-state index contributed by atoms with van der Waals surface area (Å²) in [6, 6.07) is 2.02. The highest BCUT2D eigenvalue weighted by molar-refractivity contribution is 7.80. The summed E-state index contributed by atoms with van der Waals surface area (Å²) in [6.07, 6.45) is 0.904. The van der Waals surface area contributed by atoms with Crippen LogP contribution >= 0.6 is 12.2 Å². The van der Waals surface area contributed by atoms with Crippen LogP contribution in [0, 0.1) is 11.6 Å². The number of nitrogens with zero attached hydrogens (tertiary/aromatic N) is 1. The van der Waals surface area contributed by atoms with Crippen LogP contribution in [-0.4, -0.2) is 35.4 Å². The van der Waals surface area contributed by atoms with Crippen molar-refractivity contribution in [1.82, 2.24) is 4.90 Å². The van der Waals surface area contributed by atoms with Gasteiger partial charge in [0.1, 0.15) is 22.3 Å². The summed E-state index contributed by atoms with van der Waals surface area (Å²) in [4.78, 5) is 12.9. The van der Waals surface area contributed by atoms with Gasteiger partial charge in [-0.2, -0.15) is 0 Å². The Hall–Kier alpha value is -1.76. The van der Waals surface area contributed by atoms with Crippen LogP contribution in [-0.2, 0) is 4.79 Å². The second kappa shape index (κ2) is 5.70. The summed E-state index contributed by atoms with van der Waals surface area (Å²) < 4.78 is 27.8. The molecule has 4 nitrogen and oxygen atoms in total. The maximum Gasteiger partial charge on any atom is 0.222 e. The maximum atomic E-state index is 13.9. The SMILES string of the molecule is CN1CC(Nc2c(F)cc(C(N)=S)cc2F)CCC1=O. The smallest absolute Gasteiger partial charge is 0.222 e. The molecule has 1 saturated heterocycles. The predicted octanol–water partition coefficient (Wildman–Crippen LogP) is 1.63. The first kappa shape index (κ1) is 14.6. The number of likely N-dealkylation sites (tertiary alicyclic amines) is 1. The van der Waals surface area contributed by atoms with Crippen molar-refractivity contribution in [2.24, 2.45) is 5.73 Å². The van der Waals surface area contributed by atoms with Gasteiger partial charge in [-0.3, -0.25) is 4.79 Å². The average Bonchev–Trinajstić information content (AvgIpc) is 2.37. The molecular formula is C13H15F2N3OS. The minimum atomic E-state index is -0.743. The monoisotopic (exact) mass is 299 g/mol. The number of piperidine rings is 1. The summed E-state index contributed by atoms with van der Waals surface area (Å²) in [5, 5.41) is 2.81. The number of hydrogen-bond acceptors (Lipinski definition) is 3. The van der Waals surface area contributed by atoms with Gasteiger partial charge < -0.3 is 16.0 Å². The molecule has 0 spiro atoms. The fourth-order valence-electron chi connectivity index (χ4n) is 2.19. The van der Waals surface area contributed by atoms with Gasteiger partial charge in [-0.15, -0.1) is 0 Å². The van der Waals surface area contributed by atoms with E-state index in [2.05, 4.69) is 5.32 Å². The third kappa shape index (κ3) is 3.04. The normalized spacial score (nSPS) is 19.1. The van der Waals surface area contributed by atoms with Gasteiger partial charge >= 0.3 is 0 Å². The van der Waals surface area contributed by atoms with Crippen molar-refractivity contribution in [1.29, 1.82) is 0 Å². The molecule has 7 heteroatoms. The van der Waals surface area contributed by atoms with Crippen LogP contribution in [0.3, 0.4) is 0 Å². The molecule has 1 aliphatic heterocycles. The number of thiocarbonyl (C=S) groups is 1. The fraction of sp³-hybridized carbons (Fsp3) is 0.385. The molecular weight excluding hydrogens is 284 g/mol. The molecule has 0 bridgehead atoms. The molecule has 1 fully saturated rings. The average molecular weight is 299 g/mol. The summed E-state index contributed by atoms with van der Waals surface area (Å²) in [5.41, 5.74) is 5.29. The Morgan fingerprint density at radius 1 is 1.45 bits per heavy atom. The molecule has 1 amide bonds. The third-order valence-corrected chi connectivity index (χ3v) is 3.54. The van der Waals surface area contributed by atoms with Gasteiger partial charge in [0.15, 0.2) is 0 Å². The molecule has 0 aromatic heterocycles. The van der Waals surface area contributed by atoms with Crippen molar-refractivity contribution < 1.29 is 13.6 Å². The molecule has 108 valence electrons. The molecule has 0 saturated carbocycles. The molecule has 1 unspecified atom stereocenters. The Morgan fingerprint density at radius 3 is 2.55 bits per heavy atom. The second-order valence-corrected chi connectivity index (χ2v) is 5.27. The van der Waals surface area contributed by atoms with E-state index in [-0.39, 0.29) is 28.2 Å². The molecule has 1 aromatic carbocycles. The quantitative estimate of drug-likeness (QED) is 0.833. The first-order chi connectivity index (χ1) is 9.38. The zero-order valence-electron chi connectivity index (χ0n) is 11.0. The van der Waals surface area contributed by atoms with Gasteiger partial charge in [0.2, 0.25) is 5.91 Å². The molecule has 0 radical (unpaired) electrons. The number of likely N-dealkylation sites (N-methyl/N-ethyl adjacent to an activating group) is 1. The lowest BCUT2D eigenvalue weighted by Gasteiger charge is -2.31. The highest BCUT2D eigenvalue weighted by Crippen LogP contribution is 2.24.